The van der Waals surface area contributed by atoms with Gasteiger partial charge in [0.25, 0.3) is 0 Å². The Labute approximate surface area is 235 Å². The van der Waals surface area contributed by atoms with Crippen LogP contribution in [-0.4, -0.2) is 38.2 Å². The largest absolute Gasteiger partial charge is 0.534 e. The molecule has 0 bridgehead atoms. The number of carbonyl (C=O) groups is 2. The minimum atomic E-state index is -6.44. The van der Waals surface area contributed by atoms with Gasteiger partial charge in [-0.15, -0.1) is 0 Å². The molecule has 42 heavy (non-hydrogen) atoms. The Kier molecular flexibility index (Phi) is 10.1. The Morgan fingerprint density at radius 3 is 2.07 bits per heavy atom. The molecule has 0 saturated heterocycles. The molecule has 2 aromatic carbocycles. The zero-order valence-electron chi connectivity index (χ0n) is 22.6. The number of hydrogen-bond acceptors (Lipinski definition) is 7. The van der Waals surface area contributed by atoms with Crippen molar-refractivity contribution in [3.63, 3.8) is 0 Å². The third-order valence-electron chi connectivity index (χ3n) is 5.18. The summed E-state index contributed by atoms with van der Waals surface area (Å²) < 4.78 is 148. The summed E-state index contributed by atoms with van der Waals surface area (Å²) in [6.07, 6.45) is -7.67. The molecule has 0 radical (unpaired) electrons. The van der Waals surface area contributed by atoms with E-state index in [2.05, 4.69) is 9.50 Å². The van der Waals surface area contributed by atoms with Gasteiger partial charge in [0, 0.05) is 17.2 Å². The van der Waals surface area contributed by atoms with Crippen LogP contribution in [0.1, 0.15) is 56.8 Å². The van der Waals surface area contributed by atoms with Crippen LogP contribution in [0.5, 0.6) is 5.75 Å². The Morgan fingerprint density at radius 2 is 1.57 bits per heavy atom. The third kappa shape index (κ3) is 8.69. The topological polar surface area (TPSA) is 108 Å². The number of carbonyl (C=O) groups excluding carboxylic acids is 2. The Bertz CT molecular complexity index is 1450. The van der Waals surface area contributed by atoms with Crippen LogP contribution in [-0.2, 0) is 30.6 Å². The lowest BCUT2D eigenvalue weighted by Crippen LogP contribution is -2.36. The molecule has 0 aromatic heterocycles. The number of rotatable bonds is 8. The molecule has 1 N–H and O–H groups in total. The molecular formula is C25H25F8NO7S. The summed E-state index contributed by atoms with van der Waals surface area (Å²) in [6.45, 7) is 6.51. The van der Waals surface area contributed by atoms with E-state index in [1.807, 2.05) is 0 Å². The van der Waals surface area contributed by atoms with Gasteiger partial charge in [-0.3, -0.25) is 4.79 Å². The number of amides is 1. The minimum absolute atomic E-state index is 0.126. The van der Waals surface area contributed by atoms with Crippen molar-refractivity contribution in [1.29, 1.82) is 0 Å². The molecule has 0 aliphatic carbocycles. The second kappa shape index (κ2) is 12.3. The molecule has 1 atom stereocenters. The van der Waals surface area contributed by atoms with E-state index < -0.39 is 97.1 Å². The maximum absolute atomic E-state index is 15.4. The number of halogens is 8. The lowest BCUT2D eigenvalue weighted by atomic mass is 9.91. The Hall–Kier alpha value is -3.63. The highest BCUT2D eigenvalue weighted by Crippen LogP contribution is 2.43. The average molecular weight is 636 g/mol. The van der Waals surface area contributed by atoms with Crippen molar-refractivity contribution >= 4 is 22.2 Å². The van der Waals surface area contributed by atoms with Gasteiger partial charge in [-0.2, -0.15) is 34.8 Å². The zero-order valence-corrected chi connectivity index (χ0v) is 23.4. The summed E-state index contributed by atoms with van der Waals surface area (Å²) in [5, 5.41) is 2.07. The highest BCUT2D eigenvalue weighted by Gasteiger charge is 2.49. The minimum Gasteiger partial charge on any atom is -0.466 e. The second-order valence-electron chi connectivity index (χ2n) is 9.71. The van der Waals surface area contributed by atoms with E-state index in [-0.39, 0.29) is 18.7 Å². The first-order valence-corrected chi connectivity index (χ1v) is 13.2. The predicted molar refractivity (Wildman–Crippen MR) is 130 cm³/mol. The van der Waals surface area contributed by atoms with E-state index in [0.29, 0.717) is 12.1 Å². The van der Waals surface area contributed by atoms with Gasteiger partial charge in [-0.1, -0.05) is 0 Å². The van der Waals surface area contributed by atoms with Crippen molar-refractivity contribution in [1.82, 2.24) is 5.32 Å². The van der Waals surface area contributed by atoms with E-state index in [9.17, 15) is 48.7 Å². The fourth-order valence-corrected chi connectivity index (χ4v) is 4.10. The molecule has 8 nitrogen and oxygen atoms in total. The number of esters is 1. The molecule has 0 aliphatic rings. The third-order valence-corrected chi connectivity index (χ3v) is 6.15. The fourth-order valence-electron chi connectivity index (χ4n) is 3.64. The molecule has 0 spiro atoms. The average Bonchev–Trinajstić information content (AvgIpc) is 2.76. The molecule has 0 unspecified atom stereocenters. The molecule has 2 rings (SSSR count). The first kappa shape index (κ1) is 34.6. The van der Waals surface area contributed by atoms with E-state index in [1.165, 1.54) is 27.7 Å². The van der Waals surface area contributed by atoms with Crippen LogP contribution in [0.25, 0.3) is 11.1 Å². The summed E-state index contributed by atoms with van der Waals surface area (Å²) in [5.74, 6) is -5.75. The Balaban J connectivity index is 2.91. The van der Waals surface area contributed by atoms with Crippen LogP contribution in [0, 0.1) is 18.6 Å². The van der Waals surface area contributed by atoms with Gasteiger partial charge < -0.3 is 19.0 Å². The molecule has 0 heterocycles. The number of benzene rings is 2. The van der Waals surface area contributed by atoms with Gasteiger partial charge in [0.2, 0.25) is 0 Å². The van der Waals surface area contributed by atoms with Crippen LogP contribution < -0.4 is 9.50 Å². The van der Waals surface area contributed by atoms with E-state index in [1.54, 1.807) is 0 Å². The fraction of sp³-hybridized carbons (Fsp3) is 0.440. The van der Waals surface area contributed by atoms with Gasteiger partial charge in [-0.25, -0.2) is 13.6 Å². The number of hydrogen-bond donors (Lipinski definition) is 1. The van der Waals surface area contributed by atoms with E-state index >= 15 is 4.39 Å². The molecule has 17 heteroatoms. The van der Waals surface area contributed by atoms with Gasteiger partial charge in [-0.05, 0) is 63.9 Å². The molecule has 234 valence electrons. The summed E-state index contributed by atoms with van der Waals surface area (Å²) >= 11 is 0. The normalized spacial score (nSPS) is 13.4. The lowest BCUT2D eigenvalue weighted by molar-refractivity contribution is -0.143. The zero-order chi connectivity index (χ0) is 32.4. The van der Waals surface area contributed by atoms with Crippen molar-refractivity contribution < 1.29 is 66.8 Å². The molecule has 0 fully saturated rings. The molecule has 0 aliphatic heterocycles. The van der Waals surface area contributed by atoms with Crippen molar-refractivity contribution in [3.05, 3.63) is 52.6 Å². The van der Waals surface area contributed by atoms with Crippen molar-refractivity contribution in [2.75, 3.05) is 6.61 Å². The summed E-state index contributed by atoms with van der Waals surface area (Å²) in [4.78, 5) is 24.7. The quantitative estimate of drug-likeness (QED) is 0.149. The number of ether oxygens (including phenoxy) is 2. The van der Waals surface area contributed by atoms with Gasteiger partial charge in [0.1, 0.15) is 17.2 Å². The highest BCUT2D eigenvalue weighted by atomic mass is 32.2. The van der Waals surface area contributed by atoms with E-state index in [4.69, 9.17) is 9.47 Å². The van der Waals surface area contributed by atoms with Gasteiger partial charge in [0.05, 0.1) is 24.6 Å². The van der Waals surface area contributed by atoms with Gasteiger partial charge >= 0.3 is 33.9 Å². The van der Waals surface area contributed by atoms with Crippen LogP contribution in [0.4, 0.5) is 39.9 Å². The number of alkyl carbamates (subject to hydrolysis) is 1. The summed E-state index contributed by atoms with van der Waals surface area (Å²) in [7, 11) is -6.44. The summed E-state index contributed by atoms with van der Waals surface area (Å²) in [5.41, 5.74) is -12.1. The molecular weight excluding hydrogens is 610 g/mol. The number of alkyl halides is 6. The molecule has 2 aromatic rings. The monoisotopic (exact) mass is 635 g/mol. The molecule has 0 saturated carbocycles. The van der Waals surface area contributed by atoms with Crippen LogP contribution in [0.3, 0.4) is 0 Å². The van der Waals surface area contributed by atoms with Crippen molar-refractivity contribution in [2.24, 2.45) is 0 Å². The lowest BCUT2D eigenvalue weighted by Gasteiger charge is -2.25. The van der Waals surface area contributed by atoms with Gasteiger partial charge in [0.15, 0.2) is 5.75 Å². The number of aryl methyl sites for hydroxylation is 1. The Morgan fingerprint density at radius 1 is 0.976 bits per heavy atom. The standard InChI is InChI=1S/C25H25F8NO7S/c1-6-39-19(35)11-17(34-22(36)40-23(3,4)5)15-8-13(9-16(21(15)27)24(28,29)30)20-12(2)7-14(26)10-18(20)41-42(37,38)25(31,32)33/h7-10,17H,6,11H2,1-5H3,(H,34,36)/t17-/m0/s1. The number of nitrogens with one attached hydrogen (secondary N) is 1. The smallest absolute Gasteiger partial charge is 0.466 e. The second-order valence-corrected chi connectivity index (χ2v) is 11.2. The van der Waals surface area contributed by atoms with Crippen LogP contribution >= 0.6 is 0 Å². The first-order valence-electron chi connectivity index (χ1n) is 11.8. The van der Waals surface area contributed by atoms with E-state index in [0.717, 1.165) is 6.92 Å². The van der Waals surface area contributed by atoms with Crippen molar-refractivity contribution in [3.8, 4) is 16.9 Å². The maximum atomic E-state index is 15.4. The molecule has 1 amide bonds. The predicted octanol–water partition coefficient (Wildman–Crippen LogP) is 6.71. The maximum Gasteiger partial charge on any atom is 0.534 e. The first-order chi connectivity index (χ1) is 19.0. The SMILES string of the molecule is CCOC(=O)C[C@H](NC(=O)OC(C)(C)C)c1cc(-c2c(C)cc(F)cc2OS(=O)(=O)C(F)(F)F)cc(C(F)(F)F)c1F. The highest BCUT2D eigenvalue weighted by molar-refractivity contribution is 7.88. The van der Waals surface area contributed by atoms with Crippen molar-refractivity contribution in [2.45, 2.75) is 64.4 Å². The van der Waals surface area contributed by atoms with Crippen LogP contribution in [0.2, 0.25) is 0 Å². The summed E-state index contributed by atoms with van der Waals surface area (Å²) in [6, 6.07) is -0.339. The van der Waals surface area contributed by atoms with Crippen LogP contribution in [0.15, 0.2) is 24.3 Å².